The lowest BCUT2D eigenvalue weighted by Gasteiger charge is -2.17. The van der Waals surface area contributed by atoms with Gasteiger partial charge in [-0.2, -0.15) is 0 Å². The highest BCUT2D eigenvalue weighted by Crippen LogP contribution is 2.28. The van der Waals surface area contributed by atoms with Gasteiger partial charge in [0, 0.05) is 17.6 Å². The van der Waals surface area contributed by atoms with Crippen LogP contribution in [0.2, 0.25) is 5.02 Å². The monoisotopic (exact) mass is 450 g/mol. The number of methoxy groups -OCH3 is 1. The Hall–Kier alpha value is -3.32. The van der Waals surface area contributed by atoms with Gasteiger partial charge in [-0.05, 0) is 48.7 Å². The zero-order valence-corrected chi connectivity index (χ0v) is 18.5. The molecule has 0 saturated heterocycles. The first-order valence-corrected chi connectivity index (χ1v) is 11.1. The summed E-state index contributed by atoms with van der Waals surface area (Å²) in [7, 11) is 1.62. The van der Waals surface area contributed by atoms with Crippen molar-refractivity contribution < 1.29 is 4.74 Å². The van der Waals surface area contributed by atoms with Crippen LogP contribution in [-0.2, 0) is 6.54 Å². The van der Waals surface area contributed by atoms with Crippen LogP contribution >= 0.6 is 11.6 Å². The summed E-state index contributed by atoms with van der Waals surface area (Å²) in [5, 5.41) is 0.513. The molecule has 5 rings (SSSR count). The van der Waals surface area contributed by atoms with E-state index in [-0.39, 0.29) is 17.3 Å². The maximum Gasteiger partial charge on any atom is 0.337 e. The topological polar surface area (TPSA) is 71.1 Å². The molecule has 4 aromatic rings. The summed E-state index contributed by atoms with van der Waals surface area (Å²) in [5.74, 6) is 0.766. The molecule has 2 heterocycles. The molecule has 2 aromatic carbocycles. The van der Waals surface area contributed by atoms with E-state index in [0.29, 0.717) is 28.4 Å². The Morgan fingerprint density at radius 1 is 1.09 bits per heavy atom. The van der Waals surface area contributed by atoms with Gasteiger partial charge in [0.2, 0.25) is 0 Å². The van der Waals surface area contributed by atoms with Gasteiger partial charge in [-0.3, -0.25) is 9.36 Å². The molecule has 7 nitrogen and oxygen atoms in total. The quantitative estimate of drug-likeness (QED) is 0.457. The first kappa shape index (κ1) is 20.6. The van der Waals surface area contributed by atoms with E-state index >= 15 is 0 Å². The molecule has 164 valence electrons. The van der Waals surface area contributed by atoms with Gasteiger partial charge in [-0.15, -0.1) is 0 Å². The molecule has 8 heteroatoms. The van der Waals surface area contributed by atoms with Gasteiger partial charge in [-0.1, -0.05) is 42.6 Å². The smallest absolute Gasteiger partial charge is 0.337 e. The van der Waals surface area contributed by atoms with E-state index in [4.69, 9.17) is 16.3 Å². The Bertz CT molecular complexity index is 1400. The number of halogens is 1. The third-order valence-corrected chi connectivity index (χ3v) is 6.35. The molecule has 1 aliphatic carbocycles. The van der Waals surface area contributed by atoms with Gasteiger partial charge in [0.05, 0.1) is 19.1 Å². The fourth-order valence-electron chi connectivity index (χ4n) is 4.53. The second-order valence-electron chi connectivity index (χ2n) is 8.10. The van der Waals surface area contributed by atoms with E-state index in [1.54, 1.807) is 37.7 Å². The Labute approximate surface area is 189 Å². The molecule has 0 atom stereocenters. The van der Waals surface area contributed by atoms with Crippen molar-refractivity contribution >= 4 is 22.8 Å². The molecule has 0 spiro atoms. The highest BCUT2D eigenvalue weighted by molar-refractivity contribution is 6.30. The molecule has 1 saturated carbocycles. The van der Waals surface area contributed by atoms with E-state index in [2.05, 4.69) is 4.98 Å². The SMILES string of the molecule is COc1ccc(Cn2cnc3c2c(=O)n(C2CCCC2)c(=O)n3-c2cccc(Cl)c2)cc1. The average Bonchev–Trinajstić information content (AvgIpc) is 3.45. The number of benzene rings is 2. The summed E-state index contributed by atoms with van der Waals surface area (Å²) < 4.78 is 9.97. The number of hydrogen-bond donors (Lipinski definition) is 0. The minimum absolute atomic E-state index is 0.103. The van der Waals surface area contributed by atoms with Gasteiger partial charge in [0.15, 0.2) is 11.2 Å². The first-order chi connectivity index (χ1) is 15.6. The van der Waals surface area contributed by atoms with Gasteiger partial charge >= 0.3 is 5.69 Å². The summed E-state index contributed by atoms with van der Waals surface area (Å²) in [6.07, 6.45) is 5.29. The Kier molecular flexibility index (Phi) is 5.35. The van der Waals surface area contributed by atoms with Crippen LogP contribution in [0.1, 0.15) is 37.3 Å². The largest absolute Gasteiger partial charge is 0.497 e. The van der Waals surface area contributed by atoms with Gasteiger partial charge in [0.1, 0.15) is 5.75 Å². The van der Waals surface area contributed by atoms with Gasteiger partial charge in [0.25, 0.3) is 5.56 Å². The van der Waals surface area contributed by atoms with Crippen molar-refractivity contribution in [1.82, 2.24) is 18.7 Å². The zero-order valence-electron chi connectivity index (χ0n) is 17.7. The van der Waals surface area contributed by atoms with E-state index < -0.39 is 0 Å². The van der Waals surface area contributed by atoms with E-state index in [1.807, 2.05) is 28.8 Å². The number of hydrogen-bond acceptors (Lipinski definition) is 4. The van der Waals surface area contributed by atoms with Crippen LogP contribution in [0.25, 0.3) is 16.9 Å². The van der Waals surface area contributed by atoms with Crippen molar-refractivity contribution in [2.24, 2.45) is 0 Å². The maximum absolute atomic E-state index is 13.6. The lowest BCUT2D eigenvalue weighted by molar-refractivity contribution is 0.414. The van der Waals surface area contributed by atoms with Gasteiger partial charge in [-0.25, -0.2) is 14.3 Å². The molecular formula is C24H23ClN4O3. The summed E-state index contributed by atoms with van der Waals surface area (Å²) in [4.78, 5) is 31.7. The number of imidazole rings is 1. The molecule has 0 bridgehead atoms. The third kappa shape index (κ3) is 3.52. The minimum Gasteiger partial charge on any atom is -0.497 e. The van der Waals surface area contributed by atoms with Gasteiger partial charge < -0.3 is 9.30 Å². The Balaban J connectivity index is 1.74. The number of fused-ring (bicyclic) bond motifs is 1. The fourth-order valence-corrected chi connectivity index (χ4v) is 4.72. The van der Waals surface area contributed by atoms with Crippen LogP contribution in [0, 0.1) is 0 Å². The molecule has 32 heavy (non-hydrogen) atoms. The number of aromatic nitrogens is 4. The predicted molar refractivity (Wildman–Crippen MR) is 124 cm³/mol. The first-order valence-electron chi connectivity index (χ1n) is 10.7. The summed E-state index contributed by atoms with van der Waals surface area (Å²) in [5.41, 5.74) is 1.68. The molecule has 0 unspecified atom stereocenters. The number of rotatable bonds is 5. The normalized spacial score (nSPS) is 14.3. The third-order valence-electron chi connectivity index (χ3n) is 6.12. The van der Waals surface area contributed by atoms with Crippen molar-refractivity contribution in [2.45, 2.75) is 38.3 Å². The highest BCUT2D eigenvalue weighted by Gasteiger charge is 2.26. The number of nitrogens with zero attached hydrogens (tertiary/aromatic N) is 4. The fraction of sp³-hybridized carbons (Fsp3) is 0.292. The predicted octanol–water partition coefficient (Wildman–Crippen LogP) is 4.17. The van der Waals surface area contributed by atoms with E-state index in [1.165, 1.54) is 9.13 Å². The van der Waals surface area contributed by atoms with E-state index in [9.17, 15) is 9.59 Å². The van der Waals surface area contributed by atoms with E-state index in [0.717, 1.165) is 37.0 Å². The molecule has 0 radical (unpaired) electrons. The van der Waals surface area contributed by atoms with Crippen LogP contribution in [0.15, 0.2) is 64.4 Å². The zero-order chi connectivity index (χ0) is 22.2. The standard InChI is InChI=1S/C24H23ClN4O3/c1-32-20-11-9-16(10-12-20)14-27-15-26-22-21(27)23(30)29(18-6-2-3-7-18)24(31)28(22)19-8-4-5-17(25)13-19/h4-5,8-13,15,18H,2-3,6-7,14H2,1H3. The van der Waals surface area contributed by atoms with Crippen molar-refractivity contribution in [3.63, 3.8) is 0 Å². The van der Waals surface area contributed by atoms with Crippen LogP contribution in [0.5, 0.6) is 5.75 Å². The van der Waals surface area contributed by atoms with Crippen LogP contribution < -0.4 is 16.0 Å². The second kappa shape index (κ2) is 8.31. The second-order valence-corrected chi connectivity index (χ2v) is 8.54. The maximum atomic E-state index is 13.6. The van der Waals surface area contributed by atoms with Crippen molar-refractivity contribution in [2.75, 3.05) is 7.11 Å². The molecular weight excluding hydrogens is 428 g/mol. The minimum atomic E-state index is -0.369. The summed E-state index contributed by atoms with van der Waals surface area (Å²) in [6.45, 7) is 0.453. The summed E-state index contributed by atoms with van der Waals surface area (Å²) in [6, 6.07) is 14.6. The van der Waals surface area contributed by atoms with Crippen molar-refractivity contribution in [1.29, 1.82) is 0 Å². The molecule has 0 aliphatic heterocycles. The Morgan fingerprint density at radius 2 is 1.84 bits per heavy atom. The Morgan fingerprint density at radius 3 is 2.53 bits per heavy atom. The van der Waals surface area contributed by atoms with Crippen LogP contribution in [0.4, 0.5) is 0 Å². The van der Waals surface area contributed by atoms with Crippen molar-refractivity contribution in [3.8, 4) is 11.4 Å². The molecule has 1 aliphatic rings. The van der Waals surface area contributed by atoms with Crippen molar-refractivity contribution in [3.05, 3.63) is 86.3 Å². The van der Waals surface area contributed by atoms with Crippen LogP contribution in [0.3, 0.4) is 0 Å². The molecule has 0 amide bonds. The molecule has 0 N–H and O–H groups in total. The summed E-state index contributed by atoms with van der Waals surface area (Å²) >= 11 is 6.21. The molecule has 2 aromatic heterocycles. The average molecular weight is 451 g/mol. The lowest BCUT2D eigenvalue weighted by atomic mass is 10.2. The van der Waals surface area contributed by atoms with Crippen LogP contribution in [-0.4, -0.2) is 25.8 Å². The molecule has 1 fully saturated rings. The highest BCUT2D eigenvalue weighted by atomic mass is 35.5. The number of ether oxygens (including phenoxy) is 1. The lowest BCUT2D eigenvalue weighted by Crippen LogP contribution is -2.41.